The van der Waals surface area contributed by atoms with Crippen LogP contribution in [-0.2, 0) is 0 Å². The molecule has 0 amide bonds. The summed E-state index contributed by atoms with van der Waals surface area (Å²) in [6.45, 7) is 1.95. The van der Waals surface area contributed by atoms with Crippen LogP contribution in [0.5, 0.6) is 5.75 Å². The molecule has 0 aliphatic carbocycles. The number of pyridine rings is 4. The fourth-order valence-corrected chi connectivity index (χ4v) is 4.77. The predicted molar refractivity (Wildman–Crippen MR) is 140 cm³/mol. The van der Waals surface area contributed by atoms with E-state index in [1.54, 1.807) is 31.0 Å². The van der Waals surface area contributed by atoms with Gasteiger partial charge in [0.1, 0.15) is 17.5 Å². The van der Waals surface area contributed by atoms with Gasteiger partial charge in [-0.15, -0.1) is 0 Å². The van der Waals surface area contributed by atoms with Crippen LogP contribution < -0.4 is 10.1 Å². The maximum absolute atomic E-state index is 6.19. The molecule has 1 aliphatic heterocycles. The van der Waals surface area contributed by atoms with Crippen molar-refractivity contribution in [3.8, 4) is 39.7 Å². The van der Waals surface area contributed by atoms with Gasteiger partial charge in [0.05, 0.1) is 29.1 Å². The Morgan fingerprint density at radius 3 is 2.70 bits per heavy atom. The molecule has 0 atom stereocenters. The Bertz CT molecular complexity index is 1700. The summed E-state index contributed by atoms with van der Waals surface area (Å²) < 4.78 is 6.19. The monoisotopic (exact) mass is 489 g/mol. The number of aromatic nitrogens is 8. The van der Waals surface area contributed by atoms with Gasteiger partial charge in [0.25, 0.3) is 0 Å². The van der Waals surface area contributed by atoms with Gasteiger partial charge >= 0.3 is 0 Å². The van der Waals surface area contributed by atoms with E-state index < -0.39 is 0 Å². The van der Waals surface area contributed by atoms with E-state index >= 15 is 0 Å². The van der Waals surface area contributed by atoms with Crippen LogP contribution in [0.2, 0.25) is 0 Å². The van der Waals surface area contributed by atoms with Crippen LogP contribution >= 0.6 is 0 Å². The molecule has 7 heterocycles. The van der Waals surface area contributed by atoms with E-state index in [2.05, 4.69) is 40.4 Å². The minimum atomic E-state index is 0.201. The minimum Gasteiger partial charge on any atom is -0.489 e. The molecule has 0 spiro atoms. The minimum absolute atomic E-state index is 0.201. The molecule has 1 saturated heterocycles. The van der Waals surface area contributed by atoms with Crippen LogP contribution in [-0.4, -0.2) is 59.3 Å². The third-order valence-corrected chi connectivity index (χ3v) is 6.63. The van der Waals surface area contributed by atoms with E-state index in [1.165, 1.54) is 0 Å². The Labute approximate surface area is 211 Å². The Balaban J connectivity index is 1.26. The molecule has 7 rings (SSSR count). The second kappa shape index (κ2) is 9.07. The molecular weight excluding hydrogens is 466 g/mol. The number of nitrogens with one attached hydrogen (secondary N) is 3. The molecule has 10 heteroatoms. The molecule has 1 aliphatic rings. The van der Waals surface area contributed by atoms with Gasteiger partial charge in [-0.25, -0.2) is 9.97 Å². The lowest BCUT2D eigenvalue weighted by Gasteiger charge is -2.23. The summed E-state index contributed by atoms with van der Waals surface area (Å²) in [5, 5.41) is 11.9. The zero-order chi connectivity index (χ0) is 24.6. The topological polar surface area (TPSA) is 130 Å². The van der Waals surface area contributed by atoms with Crippen molar-refractivity contribution in [3.05, 3.63) is 67.5 Å². The summed E-state index contributed by atoms with van der Waals surface area (Å²) in [6, 6.07) is 9.88. The molecule has 10 nitrogen and oxygen atoms in total. The molecule has 182 valence electrons. The van der Waals surface area contributed by atoms with E-state index in [4.69, 9.17) is 9.72 Å². The van der Waals surface area contributed by atoms with Crippen molar-refractivity contribution in [1.82, 2.24) is 45.4 Å². The molecule has 0 saturated carbocycles. The lowest BCUT2D eigenvalue weighted by molar-refractivity contribution is 0.162. The standard InChI is InChI=1S/C27H23N9O/c1-2-16(12-29-6-1)20-5-9-31-26-24(20)33-27(34-26)25-21-11-22(32-15-23(21)35-36-25)17-10-19(14-30-13-17)37-18-3-7-28-8-4-18/h1-2,5-6,9-15,18,28H,3-4,7-8H2,(H,35,36)(H,31,33,34). The van der Waals surface area contributed by atoms with E-state index in [0.717, 1.165) is 70.5 Å². The number of imidazole rings is 1. The second-order valence-corrected chi connectivity index (χ2v) is 9.05. The van der Waals surface area contributed by atoms with Gasteiger partial charge in [-0.2, -0.15) is 5.10 Å². The van der Waals surface area contributed by atoms with Crippen molar-refractivity contribution < 1.29 is 4.74 Å². The van der Waals surface area contributed by atoms with Gasteiger partial charge in [0.2, 0.25) is 0 Å². The van der Waals surface area contributed by atoms with E-state index in [1.807, 2.05) is 36.5 Å². The Morgan fingerprint density at radius 1 is 0.892 bits per heavy atom. The van der Waals surface area contributed by atoms with Crippen molar-refractivity contribution in [2.75, 3.05) is 13.1 Å². The average Bonchev–Trinajstić information content (AvgIpc) is 3.58. The molecule has 6 aromatic rings. The third kappa shape index (κ3) is 4.07. The number of aromatic amines is 2. The fourth-order valence-electron chi connectivity index (χ4n) is 4.77. The quantitative estimate of drug-likeness (QED) is 0.329. The highest BCUT2D eigenvalue weighted by Crippen LogP contribution is 2.32. The first-order chi connectivity index (χ1) is 18.3. The van der Waals surface area contributed by atoms with Gasteiger partial charge < -0.3 is 15.0 Å². The first-order valence-corrected chi connectivity index (χ1v) is 12.2. The van der Waals surface area contributed by atoms with Gasteiger partial charge in [0, 0.05) is 46.9 Å². The molecule has 0 radical (unpaired) electrons. The third-order valence-electron chi connectivity index (χ3n) is 6.63. The molecular formula is C27H23N9O. The Morgan fingerprint density at radius 2 is 1.81 bits per heavy atom. The van der Waals surface area contributed by atoms with Gasteiger partial charge in [-0.05, 0) is 50.2 Å². The van der Waals surface area contributed by atoms with Crippen molar-refractivity contribution in [2.45, 2.75) is 18.9 Å². The molecule has 0 unspecified atom stereocenters. The van der Waals surface area contributed by atoms with Crippen molar-refractivity contribution >= 4 is 22.1 Å². The maximum Gasteiger partial charge on any atom is 0.178 e. The summed E-state index contributed by atoms with van der Waals surface area (Å²) in [6.07, 6.45) is 12.9. The SMILES string of the molecule is c1cncc(-c2ccnc3nc(-c4n[nH]c5cnc(-c6cncc(OC7CCNCC7)c6)cc45)[nH]c23)c1. The number of H-pyrrole nitrogens is 2. The maximum atomic E-state index is 6.19. The molecule has 0 bridgehead atoms. The van der Waals surface area contributed by atoms with Crippen LogP contribution in [0.15, 0.2) is 67.5 Å². The molecule has 1 fully saturated rings. The first kappa shape index (κ1) is 21.6. The van der Waals surface area contributed by atoms with Crippen LogP contribution in [0.3, 0.4) is 0 Å². The van der Waals surface area contributed by atoms with E-state index in [0.29, 0.717) is 17.2 Å². The number of fused-ring (bicyclic) bond motifs is 2. The van der Waals surface area contributed by atoms with Crippen LogP contribution in [0.4, 0.5) is 0 Å². The lowest BCUT2D eigenvalue weighted by atomic mass is 10.1. The lowest BCUT2D eigenvalue weighted by Crippen LogP contribution is -2.34. The van der Waals surface area contributed by atoms with Crippen molar-refractivity contribution in [2.24, 2.45) is 0 Å². The number of rotatable bonds is 5. The Hall–Kier alpha value is -4.70. The predicted octanol–water partition coefficient (Wildman–Crippen LogP) is 4.15. The fraction of sp³-hybridized carbons (Fsp3) is 0.185. The number of hydrogen-bond acceptors (Lipinski definition) is 8. The first-order valence-electron chi connectivity index (χ1n) is 12.2. The summed E-state index contributed by atoms with van der Waals surface area (Å²) in [4.78, 5) is 25.9. The number of ether oxygens (including phenoxy) is 1. The van der Waals surface area contributed by atoms with Crippen molar-refractivity contribution in [3.63, 3.8) is 0 Å². The van der Waals surface area contributed by atoms with Gasteiger partial charge in [-0.1, -0.05) is 6.07 Å². The highest BCUT2D eigenvalue weighted by molar-refractivity contribution is 5.96. The highest BCUT2D eigenvalue weighted by Gasteiger charge is 2.18. The summed E-state index contributed by atoms with van der Waals surface area (Å²) in [5.74, 6) is 1.38. The zero-order valence-electron chi connectivity index (χ0n) is 19.8. The normalized spacial score (nSPS) is 14.4. The van der Waals surface area contributed by atoms with E-state index in [9.17, 15) is 0 Å². The summed E-state index contributed by atoms with van der Waals surface area (Å²) >= 11 is 0. The molecule has 3 N–H and O–H groups in total. The molecule has 6 aromatic heterocycles. The van der Waals surface area contributed by atoms with Crippen molar-refractivity contribution in [1.29, 1.82) is 0 Å². The summed E-state index contributed by atoms with van der Waals surface area (Å²) in [5.41, 5.74) is 6.60. The van der Waals surface area contributed by atoms with Crippen LogP contribution in [0, 0.1) is 0 Å². The Kier molecular flexibility index (Phi) is 5.29. The van der Waals surface area contributed by atoms with Gasteiger partial charge in [-0.3, -0.25) is 20.1 Å². The molecule has 0 aromatic carbocycles. The zero-order valence-corrected chi connectivity index (χ0v) is 19.8. The smallest absolute Gasteiger partial charge is 0.178 e. The summed E-state index contributed by atoms with van der Waals surface area (Å²) in [7, 11) is 0. The molecule has 37 heavy (non-hydrogen) atoms. The number of nitrogens with zero attached hydrogens (tertiary/aromatic N) is 6. The van der Waals surface area contributed by atoms with Crippen LogP contribution in [0.25, 0.3) is 56.0 Å². The second-order valence-electron chi connectivity index (χ2n) is 9.05. The highest BCUT2D eigenvalue weighted by atomic mass is 16.5. The van der Waals surface area contributed by atoms with Gasteiger partial charge in [0.15, 0.2) is 11.5 Å². The number of hydrogen-bond donors (Lipinski definition) is 3. The van der Waals surface area contributed by atoms with Crippen LogP contribution in [0.1, 0.15) is 12.8 Å². The average molecular weight is 490 g/mol. The van der Waals surface area contributed by atoms with E-state index in [-0.39, 0.29) is 6.10 Å². The largest absolute Gasteiger partial charge is 0.489 e. The number of piperidine rings is 1.